The average molecular weight is 158 g/mol. The number of ether oxygens (including phenoxy) is 2. The van der Waals surface area contributed by atoms with Gasteiger partial charge in [0.25, 0.3) is 0 Å². The van der Waals surface area contributed by atoms with E-state index in [9.17, 15) is 4.79 Å². The molecule has 0 saturated carbocycles. The Morgan fingerprint density at radius 1 is 1.27 bits per heavy atom. The first-order valence-corrected chi connectivity index (χ1v) is 3.49. The summed E-state index contributed by atoms with van der Waals surface area (Å²) in [6.45, 7) is 3.80. The lowest BCUT2D eigenvalue weighted by Crippen LogP contribution is -2.08. The van der Waals surface area contributed by atoms with Crippen molar-refractivity contribution in [2.75, 3.05) is 14.2 Å². The van der Waals surface area contributed by atoms with E-state index in [-0.39, 0.29) is 0 Å². The van der Waals surface area contributed by atoms with Crippen LogP contribution in [0.15, 0.2) is 11.3 Å². The Morgan fingerprint density at radius 2 is 1.82 bits per heavy atom. The fourth-order valence-corrected chi connectivity index (χ4v) is 0.685. The van der Waals surface area contributed by atoms with Crippen molar-refractivity contribution in [1.29, 1.82) is 0 Å². The number of esters is 1. The van der Waals surface area contributed by atoms with Crippen LogP contribution in [0.4, 0.5) is 0 Å². The van der Waals surface area contributed by atoms with E-state index in [0.29, 0.717) is 5.76 Å². The quantitative estimate of drug-likeness (QED) is 0.354. The van der Waals surface area contributed by atoms with E-state index in [1.54, 1.807) is 0 Å². The maximum Gasteiger partial charge on any atom is 0.373 e. The summed E-state index contributed by atoms with van der Waals surface area (Å²) in [5.41, 5.74) is 0.902. The van der Waals surface area contributed by atoms with Gasteiger partial charge in [0, 0.05) is 0 Å². The molecule has 0 aromatic carbocycles. The summed E-state index contributed by atoms with van der Waals surface area (Å²) in [6, 6.07) is 0. The van der Waals surface area contributed by atoms with Crippen molar-refractivity contribution in [1.82, 2.24) is 0 Å². The highest BCUT2D eigenvalue weighted by Gasteiger charge is 2.11. The molecule has 0 fully saturated rings. The summed E-state index contributed by atoms with van der Waals surface area (Å²) < 4.78 is 9.37. The van der Waals surface area contributed by atoms with E-state index in [2.05, 4.69) is 4.74 Å². The van der Waals surface area contributed by atoms with Crippen molar-refractivity contribution in [2.45, 2.75) is 20.3 Å². The van der Waals surface area contributed by atoms with E-state index in [4.69, 9.17) is 4.74 Å². The second-order valence-corrected chi connectivity index (χ2v) is 2.16. The van der Waals surface area contributed by atoms with Crippen LogP contribution in [-0.4, -0.2) is 20.2 Å². The van der Waals surface area contributed by atoms with E-state index in [1.165, 1.54) is 14.2 Å². The van der Waals surface area contributed by atoms with Gasteiger partial charge < -0.3 is 9.47 Å². The van der Waals surface area contributed by atoms with Crippen LogP contribution < -0.4 is 0 Å². The van der Waals surface area contributed by atoms with Gasteiger partial charge in [-0.3, -0.25) is 0 Å². The molecule has 0 bridgehead atoms. The maximum atomic E-state index is 10.9. The number of allylic oxidation sites excluding steroid dienone is 1. The van der Waals surface area contributed by atoms with Crippen LogP contribution in [0.2, 0.25) is 0 Å². The van der Waals surface area contributed by atoms with Gasteiger partial charge in [-0.15, -0.1) is 0 Å². The van der Waals surface area contributed by atoms with Gasteiger partial charge in [0.1, 0.15) is 0 Å². The summed E-state index contributed by atoms with van der Waals surface area (Å²) in [5, 5.41) is 0. The molecular formula is C8H14O3. The first kappa shape index (κ1) is 10.0. The van der Waals surface area contributed by atoms with Crippen molar-refractivity contribution < 1.29 is 14.3 Å². The molecule has 0 aromatic heterocycles. The van der Waals surface area contributed by atoms with Gasteiger partial charge in [-0.1, -0.05) is 6.92 Å². The minimum atomic E-state index is -0.410. The number of methoxy groups -OCH3 is 2. The molecule has 11 heavy (non-hydrogen) atoms. The molecule has 0 unspecified atom stereocenters. The minimum Gasteiger partial charge on any atom is -0.490 e. The topological polar surface area (TPSA) is 35.5 Å². The van der Waals surface area contributed by atoms with Gasteiger partial charge in [0.2, 0.25) is 5.76 Å². The summed E-state index contributed by atoms with van der Waals surface area (Å²) in [5.74, 6) is -0.0955. The van der Waals surface area contributed by atoms with E-state index < -0.39 is 5.97 Å². The van der Waals surface area contributed by atoms with Crippen molar-refractivity contribution in [3.8, 4) is 0 Å². The van der Waals surface area contributed by atoms with Gasteiger partial charge in [0.05, 0.1) is 14.2 Å². The zero-order valence-electron chi connectivity index (χ0n) is 7.43. The zero-order valence-corrected chi connectivity index (χ0v) is 7.43. The van der Waals surface area contributed by atoms with Crippen molar-refractivity contribution in [3.63, 3.8) is 0 Å². The van der Waals surface area contributed by atoms with Gasteiger partial charge in [-0.05, 0) is 18.9 Å². The molecule has 0 atom stereocenters. The predicted molar refractivity (Wildman–Crippen MR) is 42.0 cm³/mol. The SMILES string of the molecule is CCC(C)=C(OC)C(=O)OC. The van der Waals surface area contributed by atoms with Crippen LogP contribution in [0.5, 0.6) is 0 Å². The van der Waals surface area contributed by atoms with Crippen LogP contribution in [0.3, 0.4) is 0 Å². The monoisotopic (exact) mass is 158 g/mol. The predicted octanol–water partition coefficient (Wildman–Crippen LogP) is 1.49. The highest BCUT2D eigenvalue weighted by molar-refractivity contribution is 5.86. The van der Waals surface area contributed by atoms with Gasteiger partial charge >= 0.3 is 5.97 Å². The van der Waals surface area contributed by atoms with Gasteiger partial charge in [-0.25, -0.2) is 4.79 Å². The second kappa shape index (κ2) is 4.77. The Kier molecular flexibility index (Phi) is 4.34. The molecule has 0 rings (SSSR count). The van der Waals surface area contributed by atoms with Crippen LogP contribution in [0.25, 0.3) is 0 Å². The fourth-order valence-electron chi connectivity index (χ4n) is 0.685. The number of rotatable bonds is 3. The first-order valence-electron chi connectivity index (χ1n) is 3.49. The van der Waals surface area contributed by atoms with Crippen LogP contribution in [0.1, 0.15) is 20.3 Å². The van der Waals surface area contributed by atoms with Gasteiger partial charge in [-0.2, -0.15) is 0 Å². The minimum absolute atomic E-state index is 0.315. The number of hydrogen-bond donors (Lipinski definition) is 0. The Labute approximate surface area is 67.0 Å². The Balaban J connectivity index is 4.50. The summed E-state index contributed by atoms with van der Waals surface area (Å²) >= 11 is 0. The molecule has 3 heteroatoms. The lowest BCUT2D eigenvalue weighted by atomic mass is 10.2. The molecule has 3 nitrogen and oxygen atoms in total. The lowest BCUT2D eigenvalue weighted by molar-refractivity contribution is -0.139. The second-order valence-electron chi connectivity index (χ2n) is 2.16. The highest BCUT2D eigenvalue weighted by Crippen LogP contribution is 2.09. The third kappa shape index (κ3) is 2.62. The fraction of sp³-hybridized carbons (Fsp3) is 0.625. The number of carbonyl (C=O) groups excluding carboxylic acids is 1. The Hall–Kier alpha value is -0.990. The molecule has 0 aromatic rings. The van der Waals surface area contributed by atoms with Crippen LogP contribution in [0, 0.1) is 0 Å². The molecule has 64 valence electrons. The molecular weight excluding hydrogens is 144 g/mol. The van der Waals surface area contributed by atoms with Crippen LogP contribution in [-0.2, 0) is 14.3 Å². The third-order valence-electron chi connectivity index (χ3n) is 1.49. The lowest BCUT2D eigenvalue weighted by Gasteiger charge is -2.06. The molecule has 0 spiro atoms. The summed E-state index contributed by atoms with van der Waals surface area (Å²) in [7, 11) is 2.80. The van der Waals surface area contributed by atoms with Crippen molar-refractivity contribution in [2.24, 2.45) is 0 Å². The van der Waals surface area contributed by atoms with Crippen molar-refractivity contribution in [3.05, 3.63) is 11.3 Å². The summed E-state index contributed by atoms with van der Waals surface area (Å²) in [6.07, 6.45) is 0.790. The smallest absolute Gasteiger partial charge is 0.373 e. The largest absolute Gasteiger partial charge is 0.490 e. The highest BCUT2D eigenvalue weighted by atomic mass is 16.6. The molecule has 0 N–H and O–H groups in total. The molecule has 0 aliphatic rings. The number of hydrogen-bond acceptors (Lipinski definition) is 3. The Morgan fingerprint density at radius 3 is 2.09 bits per heavy atom. The molecule has 0 saturated heterocycles. The molecule has 0 heterocycles. The summed E-state index contributed by atoms with van der Waals surface area (Å²) in [4.78, 5) is 10.9. The van der Waals surface area contributed by atoms with Crippen LogP contribution >= 0.6 is 0 Å². The number of carbonyl (C=O) groups is 1. The third-order valence-corrected chi connectivity index (χ3v) is 1.49. The van der Waals surface area contributed by atoms with E-state index >= 15 is 0 Å². The maximum absolute atomic E-state index is 10.9. The van der Waals surface area contributed by atoms with Gasteiger partial charge in [0.15, 0.2) is 0 Å². The normalized spacial score (nSPS) is 12.0. The molecule has 0 aliphatic carbocycles. The standard InChI is InChI=1S/C8H14O3/c1-5-6(2)7(10-3)8(9)11-4/h5H2,1-4H3. The zero-order chi connectivity index (χ0) is 8.85. The molecule has 0 aliphatic heterocycles. The molecule has 0 amide bonds. The Bertz CT molecular complexity index is 170. The van der Waals surface area contributed by atoms with E-state index in [1.807, 2.05) is 13.8 Å². The average Bonchev–Trinajstić information content (AvgIpc) is 2.05. The van der Waals surface area contributed by atoms with E-state index in [0.717, 1.165) is 12.0 Å². The van der Waals surface area contributed by atoms with Crippen molar-refractivity contribution >= 4 is 5.97 Å². The first-order chi connectivity index (χ1) is 5.17. The molecule has 0 radical (unpaired) electrons.